The molecule has 1 heterocycles. The number of carbonyl (C=O) groups is 1. The van der Waals surface area contributed by atoms with Gasteiger partial charge in [-0.25, -0.2) is 8.42 Å². The average molecular weight is 398 g/mol. The van der Waals surface area contributed by atoms with Crippen LogP contribution in [-0.2, 0) is 14.8 Å². The molecule has 1 aliphatic heterocycles. The fraction of sp³-hybridized carbons (Fsp3) is 0.588. The topological polar surface area (TPSA) is 104 Å². The summed E-state index contributed by atoms with van der Waals surface area (Å²) >= 11 is 0. The van der Waals surface area contributed by atoms with Crippen molar-refractivity contribution in [3.05, 3.63) is 28.3 Å². The molecule has 1 amide bonds. The Labute approximate surface area is 159 Å². The summed E-state index contributed by atoms with van der Waals surface area (Å²) in [5, 5.41) is 11.5. The van der Waals surface area contributed by atoms with Crippen LogP contribution in [0.2, 0.25) is 0 Å². The number of carbonyl (C=O) groups excluding carboxylic acids is 1. The van der Waals surface area contributed by atoms with Crippen LogP contribution in [0.3, 0.4) is 0 Å². The predicted octanol–water partition coefficient (Wildman–Crippen LogP) is 1.54. The van der Waals surface area contributed by atoms with Gasteiger partial charge >= 0.3 is 0 Å². The molecule has 1 aromatic rings. The van der Waals surface area contributed by atoms with Crippen molar-refractivity contribution in [1.82, 2.24) is 9.21 Å². The van der Waals surface area contributed by atoms with Gasteiger partial charge in [0.15, 0.2) is 0 Å². The highest BCUT2D eigenvalue weighted by molar-refractivity contribution is 7.89. The van der Waals surface area contributed by atoms with Crippen molar-refractivity contribution < 1.29 is 18.1 Å². The molecular formula is C17H26N4O5S. The normalized spacial score (nSPS) is 18.1. The Morgan fingerprint density at radius 1 is 1.33 bits per heavy atom. The van der Waals surface area contributed by atoms with E-state index < -0.39 is 14.9 Å². The number of sulfonamides is 1. The lowest BCUT2D eigenvalue weighted by atomic mass is 10.0. The lowest BCUT2D eigenvalue weighted by Crippen LogP contribution is -2.39. The third-order valence-electron chi connectivity index (χ3n) is 4.68. The molecule has 1 saturated heterocycles. The molecule has 0 unspecified atom stereocenters. The second-order valence-corrected chi connectivity index (χ2v) is 9.10. The van der Waals surface area contributed by atoms with Crippen molar-refractivity contribution in [3.63, 3.8) is 0 Å². The molecule has 0 N–H and O–H groups in total. The number of rotatable bonds is 6. The Bertz CT molecular complexity index is 825. The molecule has 2 rings (SSSR count). The molecule has 0 bridgehead atoms. The first-order valence-electron chi connectivity index (χ1n) is 8.74. The van der Waals surface area contributed by atoms with E-state index in [1.165, 1.54) is 26.2 Å². The molecule has 150 valence electrons. The van der Waals surface area contributed by atoms with E-state index in [1.807, 2.05) is 6.92 Å². The first-order chi connectivity index (χ1) is 12.5. The molecule has 1 aliphatic rings. The zero-order valence-electron chi connectivity index (χ0n) is 16.1. The van der Waals surface area contributed by atoms with E-state index in [0.717, 1.165) is 18.9 Å². The summed E-state index contributed by atoms with van der Waals surface area (Å²) in [5.74, 6) is 0.0387. The van der Waals surface area contributed by atoms with Gasteiger partial charge in [-0.1, -0.05) is 6.92 Å². The zero-order valence-corrected chi connectivity index (χ0v) is 16.9. The van der Waals surface area contributed by atoms with Crippen molar-refractivity contribution in [3.8, 4) is 0 Å². The van der Waals surface area contributed by atoms with Crippen LogP contribution in [0, 0.1) is 16.0 Å². The smallest absolute Gasteiger partial charge is 0.293 e. The van der Waals surface area contributed by atoms with Crippen LogP contribution < -0.4 is 4.90 Å². The zero-order chi connectivity index (χ0) is 20.4. The second-order valence-electron chi connectivity index (χ2n) is 7.16. The maximum atomic E-state index is 12.9. The Balaban J connectivity index is 2.37. The summed E-state index contributed by atoms with van der Waals surface area (Å²) in [7, 11) is 0.959. The number of hydrogen-bond donors (Lipinski definition) is 0. The molecule has 0 radical (unpaired) electrons. The highest BCUT2D eigenvalue weighted by Gasteiger charge is 2.31. The largest absolute Gasteiger partial charge is 0.360 e. The van der Waals surface area contributed by atoms with E-state index in [4.69, 9.17) is 0 Å². The minimum Gasteiger partial charge on any atom is -0.360 e. The monoisotopic (exact) mass is 398 g/mol. The minimum atomic E-state index is -3.79. The Kier molecular flexibility index (Phi) is 6.42. The summed E-state index contributed by atoms with van der Waals surface area (Å²) in [6.45, 7) is 2.77. The van der Waals surface area contributed by atoms with Gasteiger partial charge in [0.05, 0.1) is 16.4 Å². The van der Waals surface area contributed by atoms with Gasteiger partial charge in [0, 0.05) is 40.3 Å². The number of likely N-dealkylation sites (N-methyl/N-ethyl adjacent to an activating group) is 2. The van der Waals surface area contributed by atoms with Gasteiger partial charge in [0.1, 0.15) is 5.69 Å². The fourth-order valence-corrected chi connectivity index (χ4v) is 4.69. The van der Waals surface area contributed by atoms with E-state index in [9.17, 15) is 23.3 Å². The van der Waals surface area contributed by atoms with Crippen molar-refractivity contribution >= 4 is 27.3 Å². The average Bonchev–Trinajstić information content (AvgIpc) is 2.60. The van der Waals surface area contributed by atoms with Gasteiger partial charge in [-0.2, -0.15) is 4.31 Å². The summed E-state index contributed by atoms with van der Waals surface area (Å²) in [4.78, 5) is 25.5. The van der Waals surface area contributed by atoms with Crippen molar-refractivity contribution in [2.75, 3.05) is 45.7 Å². The number of nitrogens with zero attached hydrogens (tertiary/aromatic N) is 4. The van der Waals surface area contributed by atoms with Crippen LogP contribution >= 0.6 is 0 Å². The highest BCUT2D eigenvalue weighted by atomic mass is 32.2. The van der Waals surface area contributed by atoms with Crippen LogP contribution in [0.4, 0.5) is 11.4 Å². The molecule has 0 aromatic heterocycles. The van der Waals surface area contributed by atoms with Crippen LogP contribution in [0.1, 0.15) is 19.8 Å². The lowest BCUT2D eigenvalue weighted by molar-refractivity contribution is -0.384. The number of anilines is 1. The molecule has 1 aromatic carbocycles. The van der Waals surface area contributed by atoms with Crippen LogP contribution in [0.25, 0.3) is 0 Å². The summed E-state index contributed by atoms with van der Waals surface area (Å²) in [5.41, 5.74) is -0.142. The summed E-state index contributed by atoms with van der Waals surface area (Å²) in [6.07, 6.45) is 1.74. The van der Waals surface area contributed by atoms with Crippen molar-refractivity contribution in [2.45, 2.75) is 24.7 Å². The van der Waals surface area contributed by atoms with Crippen LogP contribution in [0.15, 0.2) is 23.1 Å². The van der Waals surface area contributed by atoms with Gasteiger partial charge < -0.3 is 9.80 Å². The molecule has 10 heteroatoms. The van der Waals surface area contributed by atoms with Crippen molar-refractivity contribution in [2.24, 2.45) is 5.92 Å². The first kappa shape index (κ1) is 21.1. The third-order valence-corrected chi connectivity index (χ3v) is 6.54. The third kappa shape index (κ3) is 4.75. The lowest BCUT2D eigenvalue weighted by Gasteiger charge is -2.30. The predicted molar refractivity (Wildman–Crippen MR) is 102 cm³/mol. The van der Waals surface area contributed by atoms with Gasteiger partial charge in [-0.3, -0.25) is 14.9 Å². The molecule has 27 heavy (non-hydrogen) atoms. The second kappa shape index (κ2) is 8.22. The Morgan fingerprint density at radius 3 is 2.56 bits per heavy atom. The number of benzene rings is 1. The maximum Gasteiger partial charge on any atom is 0.293 e. The molecule has 1 atom stereocenters. The Hall–Kier alpha value is -2.20. The molecule has 1 fully saturated rings. The van der Waals surface area contributed by atoms with E-state index >= 15 is 0 Å². The SMILES string of the molecule is C[C@@H]1CCCN(S(=O)(=O)c2ccc(N(C)CC(=O)N(C)C)c([N+](=O)[O-])c2)C1. The van der Waals surface area contributed by atoms with Crippen LogP contribution in [0.5, 0.6) is 0 Å². The van der Waals surface area contributed by atoms with Gasteiger partial charge in [-0.15, -0.1) is 0 Å². The van der Waals surface area contributed by atoms with E-state index in [-0.39, 0.29) is 34.6 Å². The molecule has 0 saturated carbocycles. The summed E-state index contributed by atoms with van der Waals surface area (Å²) < 4.78 is 27.2. The molecule has 9 nitrogen and oxygen atoms in total. The first-order valence-corrected chi connectivity index (χ1v) is 10.2. The van der Waals surface area contributed by atoms with Gasteiger partial charge in [-0.05, 0) is 30.9 Å². The molecular weight excluding hydrogens is 372 g/mol. The van der Waals surface area contributed by atoms with Gasteiger partial charge in [0.2, 0.25) is 15.9 Å². The number of amides is 1. The standard InChI is InChI=1S/C17H26N4O5S/c1-13-6-5-9-20(11-13)27(25,26)14-7-8-15(16(10-14)21(23)24)19(4)12-17(22)18(2)3/h7-8,10,13H,5-6,9,11-12H2,1-4H3/t13-/m1/s1. The van der Waals surface area contributed by atoms with Gasteiger partial charge in [0.25, 0.3) is 5.69 Å². The van der Waals surface area contributed by atoms with E-state index in [0.29, 0.717) is 13.1 Å². The molecule has 0 aliphatic carbocycles. The number of nitro benzene ring substituents is 1. The van der Waals surface area contributed by atoms with Crippen molar-refractivity contribution in [1.29, 1.82) is 0 Å². The minimum absolute atomic E-state index is 0.0520. The van der Waals surface area contributed by atoms with E-state index in [2.05, 4.69) is 0 Å². The maximum absolute atomic E-state index is 12.9. The fourth-order valence-electron chi connectivity index (χ4n) is 3.08. The highest BCUT2D eigenvalue weighted by Crippen LogP contribution is 2.32. The van der Waals surface area contributed by atoms with Crippen LogP contribution in [-0.4, -0.2) is 69.2 Å². The summed E-state index contributed by atoms with van der Waals surface area (Å²) in [6, 6.07) is 3.84. The van der Waals surface area contributed by atoms with E-state index in [1.54, 1.807) is 21.1 Å². The molecule has 0 spiro atoms. The number of nitro groups is 1. The number of hydrogen-bond acceptors (Lipinski definition) is 6. The number of piperidine rings is 1. The quantitative estimate of drug-likeness (QED) is 0.532. The Morgan fingerprint density at radius 2 is 2.00 bits per heavy atom.